The fourth-order valence-corrected chi connectivity index (χ4v) is 1.22. The first-order valence-corrected chi connectivity index (χ1v) is 6.24. The van der Waals surface area contributed by atoms with Gasteiger partial charge in [-0.1, -0.05) is 13.8 Å². The fraction of sp³-hybridized carbons (Fsp3) is 0.667. The van der Waals surface area contributed by atoms with Gasteiger partial charge in [-0.3, -0.25) is 0 Å². The van der Waals surface area contributed by atoms with E-state index in [2.05, 4.69) is 15.3 Å². The Hall–Kier alpha value is -1.43. The molecule has 0 spiro atoms. The van der Waals surface area contributed by atoms with Crippen LogP contribution in [0.2, 0.25) is 0 Å². The van der Waals surface area contributed by atoms with Gasteiger partial charge in [-0.15, -0.1) is 0 Å². The fourth-order valence-electron chi connectivity index (χ4n) is 1.22. The molecule has 6 heteroatoms. The van der Waals surface area contributed by atoms with Crippen LogP contribution in [-0.4, -0.2) is 36.3 Å². The SMILES string of the molecule is CCCNc1ncc(F)c(OCCOCCC)n1. The van der Waals surface area contributed by atoms with Crippen LogP contribution in [0.25, 0.3) is 0 Å². The number of nitrogens with one attached hydrogen (secondary N) is 1. The average Bonchev–Trinajstić information content (AvgIpc) is 2.39. The first-order chi connectivity index (χ1) is 8.77. The lowest BCUT2D eigenvalue weighted by molar-refractivity contribution is 0.0973. The number of nitrogens with zero attached hydrogens (tertiary/aromatic N) is 2. The van der Waals surface area contributed by atoms with Gasteiger partial charge >= 0.3 is 0 Å². The van der Waals surface area contributed by atoms with Gasteiger partial charge in [0.25, 0.3) is 5.88 Å². The maximum Gasteiger partial charge on any atom is 0.255 e. The number of aromatic nitrogens is 2. The minimum absolute atomic E-state index is 0.0382. The lowest BCUT2D eigenvalue weighted by atomic mass is 10.5. The predicted molar refractivity (Wildman–Crippen MR) is 67.4 cm³/mol. The van der Waals surface area contributed by atoms with Crippen molar-refractivity contribution in [3.05, 3.63) is 12.0 Å². The van der Waals surface area contributed by atoms with Crippen LogP contribution in [0.15, 0.2) is 6.20 Å². The summed E-state index contributed by atoms with van der Waals surface area (Å²) in [7, 11) is 0. The highest BCUT2D eigenvalue weighted by Gasteiger charge is 2.07. The van der Waals surface area contributed by atoms with E-state index in [0.717, 1.165) is 25.6 Å². The minimum atomic E-state index is -0.562. The van der Waals surface area contributed by atoms with Crippen LogP contribution in [0, 0.1) is 5.82 Å². The number of hydrogen-bond acceptors (Lipinski definition) is 5. The molecule has 102 valence electrons. The molecule has 0 aliphatic carbocycles. The van der Waals surface area contributed by atoms with Crippen LogP contribution in [0.1, 0.15) is 26.7 Å². The Morgan fingerprint density at radius 1 is 1.22 bits per heavy atom. The van der Waals surface area contributed by atoms with Crippen LogP contribution in [-0.2, 0) is 4.74 Å². The van der Waals surface area contributed by atoms with Crippen LogP contribution in [0.5, 0.6) is 5.88 Å². The summed E-state index contributed by atoms with van der Waals surface area (Å²) in [5.74, 6) is -0.223. The number of anilines is 1. The Bertz CT molecular complexity index is 350. The van der Waals surface area contributed by atoms with Crippen molar-refractivity contribution < 1.29 is 13.9 Å². The third-order valence-electron chi connectivity index (χ3n) is 2.06. The second-order valence-electron chi connectivity index (χ2n) is 3.73. The van der Waals surface area contributed by atoms with E-state index < -0.39 is 5.82 Å². The lowest BCUT2D eigenvalue weighted by Crippen LogP contribution is -2.11. The Morgan fingerprint density at radius 3 is 2.78 bits per heavy atom. The molecule has 0 aliphatic rings. The molecule has 0 amide bonds. The standard InChI is InChI=1S/C12H20FN3O2/c1-3-5-14-12-15-9-10(13)11(16-12)18-8-7-17-6-4-2/h9H,3-8H2,1-2H3,(H,14,15,16). The Morgan fingerprint density at radius 2 is 2.06 bits per heavy atom. The van der Waals surface area contributed by atoms with Gasteiger partial charge in [-0.25, -0.2) is 4.98 Å². The van der Waals surface area contributed by atoms with E-state index in [1.165, 1.54) is 0 Å². The summed E-state index contributed by atoms with van der Waals surface area (Å²) >= 11 is 0. The first-order valence-electron chi connectivity index (χ1n) is 6.24. The molecule has 0 radical (unpaired) electrons. The number of halogens is 1. The van der Waals surface area contributed by atoms with Gasteiger partial charge in [0.15, 0.2) is 0 Å². The third-order valence-corrected chi connectivity index (χ3v) is 2.06. The van der Waals surface area contributed by atoms with Crippen molar-refractivity contribution in [2.45, 2.75) is 26.7 Å². The molecule has 0 aliphatic heterocycles. The van der Waals surface area contributed by atoms with Gasteiger partial charge in [0.1, 0.15) is 6.61 Å². The topological polar surface area (TPSA) is 56.3 Å². The van der Waals surface area contributed by atoms with Crippen LogP contribution in [0.4, 0.5) is 10.3 Å². The average molecular weight is 257 g/mol. The Kier molecular flexibility index (Phi) is 7.01. The largest absolute Gasteiger partial charge is 0.473 e. The molecule has 1 aromatic rings. The maximum absolute atomic E-state index is 13.3. The third kappa shape index (κ3) is 5.27. The van der Waals surface area contributed by atoms with E-state index in [9.17, 15) is 4.39 Å². The highest BCUT2D eigenvalue weighted by molar-refractivity contribution is 5.28. The molecule has 18 heavy (non-hydrogen) atoms. The Balaban J connectivity index is 2.42. The number of hydrogen-bond donors (Lipinski definition) is 1. The summed E-state index contributed by atoms with van der Waals surface area (Å²) in [5.41, 5.74) is 0. The highest BCUT2D eigenvalue weighted by atomic mass is 19.1. The van der Waals surface area contributed by atoms with Gasteiger partial charge in [0.05, 0.1) is 12.8 Å². The Labute approximate surface area is 107 Å². The van der Waals surface area contributed by atoms with Gasteiger partial charge < -0.3 is 14.8 Å². The maximum atomic E-state index is 13.3. The van der Waals surface area contributed by atoms with E-state index in [1.54, 1.807) is 0 Å². The molecule has 1 heterocycles. The van der Waals surface area contributed by atoms with Crippen molar-refractivity contribution in [2.24, 2.45) is 0 Å². The van der Waals surface area contributed by atoms with Gasteiger partial charge in [0.2, 0.25) is 11.8 Å². The van der Waals surface area contributed by atoms with E-state index in [0.29, 0.717) is 19.2 Å². The van der Waals surface area contributed by atoms with Crippen LogP contribution in [0.3, 0.4) is 0 Å². The summed E-state index contributed by atoms with van der Waals surface area (Å²) in [4.78, 5) is 7.78. The molecule has 0 fully saturated rings. The second-order valence-corrected chi connectivity index (χ2v) is 3.73. The molecule has 1 aromatic heterocycles. The van der Waals surface area contributed by atoms with Crippen molar-refractivity contribution in [3.8, 4) is 5.88 Å². The van der Waals surface area contributed by atoms with E-state index in [1.807, 2.05) is 13.8 Å². The lowest BCUT2D eigenvalue weighted by Gasteiger charge is -2.08. The predicted octanol–water partition coefficient (Wildman–Crippen LogP) is 2.24. The first kappa shape index (κ1) is 14.6. The quantitative estimate of drug-likeness (QED) is 0.688. The summed E-state index contributed by atoms with van der Waals surface area (Å²) < 4.78 is 23.8. The zero-order valence-corrected chi connectivity index (χ0v) is 10.9. The normalized spacial score (nSPS) is 10.4. The summed E-state index contributed by atoms with van der Waals surface area (Å²) in [6.45, 7) is 6.18. The van der Waals surface area contributed by atoms with Gasteiger partial charge in [0, 0.05) is 13.2 Å². The summed E-state index contributed by atoms with van der Waals surface area (Å²) in [6.07, 6.45) is 3.00. The molecular weight excluding hydrogens is 237 g/mol. The van der Waals surface area contributed by atoms with E-state index in [4.69, 9.17) is 9.47 Å². The molecular formula is C12H20FN3O2. The molecule has 0 saturated carbocycles. The molecule has 0 atom stereocenters. The van der Waals surface area contributed by atoms with Crippen LogP contribution >= 0.6 is 0 Å². The zero-order chi connectivity index (χ0) is 13.2. The number of ether oxygens (including phenoxy) is 2. The summed E-state index contributed by atoms with van der Waals surface area (Å²) in [5, 5.41) is 2.97. The van der Waals surface area contributed by atoms with Crippen molar-refractivity contribution >= 4 is 5.95 Å². The van der Waals surface area contributed by atoms with Crippen molar-refractivity contribution in [2.75, 3.05) is 31.7 Å². The van der Waals surface area contributed by atoms with Gasteiger partial charge in [-0.05, 0) is 12.8 Å². The minimum Gasteiger partial charge on any atom is -0.473 e. The van der Waals surface area contributed by atoms with Crippen LogP contribution < -0.4 is 10.1 Å². The molecule has 0 unspecified atom stereocenters. The molecule has 1 rings (SSSR count). The molecule has 0 aromatic carbocycles. The molecule has 0 bridgehead atoms. The summed E-state index contributed by atoms with van der Waals surface area (Å²) in [6, 6.07) is 0. The van der Waals surface area contributed by atoms with Crippen molar-refractivity contribution in [1.82, 2.24) is 9.97 Å². The van der Waals surface area contributed by atoms with Gasteiger partial charge in [-0.2, -0.15) is 9.37 Å². The van der Waals surface area contributed by atoms with Crippen molar-refractivity contribution in [1.29, 1.82) is 0 Å². The molecule has 0 saturated heterocycles. The van der Waals surface area contributed by atoms with E-state index >= 15 is 0 Å². The zero-order valence-electron chi connectivity index (χ0n) is 10.9. The highest BCUT2D eigenvalue weighted by Crippen LogP contribution is 2.14. The number of rotatable bonds is 9. The molecule has 1 N–H and O–H groups in total. The monoisotopic (exact) mass is 257 g/mol. The van der Waals surface area contributed by atoms with E-state index in [-0.39, 0.29) is 12.5 Å². The molecule has 5 nitrogen and oxygen atoms in total. The van der Waals surface area contributed by atoms with Crippen molar-refractivity contribution in [3.63, 3.8) is 0 Å². The second kappa shape index (κ2) is 8.63. The smallest absolute Gasteiger partial charge is 0.255 e.